The van der Waals surface area contributed by atoms with Crippen molar-refractivity contribution >= 4 is 5.69 Å². The number of nitrogens with one attached hydrogen (secondary N) is 1. The number of hydrogen-bond donors (Lipinski definition) is 1. The summed E-state index contributed by atoms with van der Waals surface area (Å²) in [6.07, 6.45) is 3.90. The number of aromatic nitrogens is 2. The zero-order chi connectivity index (χ0) is 13.6. The van der Waals surface area contributed by atoms with Gasteiger partial charge in [-0.2, -0.15) is 5.10 Å². The maximum Gasteiger partial charge on any atom is 0.0729 e. The smallest absolute Gasteiger partial charge is 0.0729 e. The Hall–Kier alpha value is -2.55. The van der Waals surface area contributed by atoms with Crippen LogP contribution in [0.4, 0.5) is 5.69 Å². The third kappa shape index (κ3) is 3.26. The first kappa shape index (κ1) is 12.5. The lowest BCUT2D eigenvalue weighted by atomic mass is 10.2. The molecule has 1 N–H and O–H groups in total. The summed E-state index contributed by atoms with van der Waals surface area (Å²) >= 11 is 0. The second-order valence-corrected chi connectivity index (χ2v) is 4.75. The molecule has 0 fully saturated rings. The average molecular weight is 263 g/mol. The highest BCUT2D eigenvalue weighted by Crippen LogP contribution is 2.09. The van der Waals surface area contributed by atoms with Crippen LogP contribution in [0.15, 0.2) is 73.1 Å². The molecule has 100 valence electrons. The van der Waals surface area contributed by atoms with Gasteiger partial charge in [-0.15, -0.1) is 0 Å². The van der Waals surface area contributed by atoms with Crippen molar-refractivity contribution in [1.82, 2.24) is 9.78 Å². The lowest BCUT2D eigenvalue weighted by Crippen LogP contribution is -2.00. The highest BCUT2D eigenvalue weighted by atomic mass is 15.3. The van der Waals surface area contributed by atoms with Crippen LogP contribution < -0.4 is 5.32 Å². The number of anilines is 1. The van der Waals surface area contributed by atoms with Gasteiger partial charge in [0.2, 0.25) is 0 Å². The Bertz CT molecular complexity index is 644. The van der Waals surface area contributed by atoms with Crippen LogP contribution in [0.3, 0.4) is 0 Å². The van der Waals surface area contributed by atoms with E-state index in [-0.39, 0.29) is 0 Å². The van der Waals surface area contributed by atoms with Crippen LogP contribution in [-0.4, -0.2) is 9.78 Å². The SMILES string of the molecule is c1ccc(CNc2cnn(Cc3ccccc3)c2)cc1. The van der Waals surface area contributed by atoms with Crippen molar-refractivity contribution in [1.29, 1.82) is 0 Å². The topological polar surface area (TPSA) is 29.9 Å². The Morgan fingerprint density at radius 3 is 2.20 bits per heavy atom. The first-order valence-corrected chi connectivity index (χ1v) is 6.74. The highest BCUT2D eigenvalue weighted by molar-refractivity contribution is 5.39. The molecule has 0 spiro atoms. The van der Waals surface area contributed by atoms with Crippen LogP contribution in [0.2, 0.25) is 0 Å². The molecule has 0 aliphatic heterocycles. The third-order valence-corrected chi connectivity index (χ3v) is 3.16. The predicted octanol–water partition coefficient (Wildman–Crippen LogP) is 3.54. The van der Waals surface area contributed by atoms with Crippen molar-refractivity contribution in [3.8, 4) is 0 Å². The van der Waals surface area contributed by atoms with E-state index in [1.54, 1.807) is 0 Å². The maximum atomic E-state index is 4.38. The number of benzene rings is 2. The minimum Gasteiger partial charge on any atom is -0.378 e. The summed E-state index contributed by atoms with van der Waals surface area (Å²) in [5.41, 5.74) is 3.57. The second kappa shape index (κ2) is 6.06. The summed E-state index contributed by atoms with van der Waals surface area (Å²) < 4.78 is 1.95. The van der Waals surface area contributed by atoms with E-state index in [1.165, 1.54) is 11.1 Å². The van der Waals surface area contributed by atoms with E-state index in [9.17, 15) is 0 Å². The van der Waals surface area contributed by atoms with Crippen molar-refractivity contribution in [3.63, 3.8) is 0 Å². The van der Waals surface area contributed by atoms with Gasteiger partial charge in [0.25, 0.3) is 0 Å². The molecule has 0 aliphatic rings. The molecule has 3 nitrogen and oxygen atoms in total. The summed E-state index contributed by atoms with van der Waals surface area (Å²) in [5, 5.41) is 7.76. The van der Waals surface area contributed by atoms with E-state index in [2.05, 4.69) is 46.8 Å². The normalized spacial score (nSPS) is 10.4. The average Bonchev–Trinajstić information content (AvgIpc) is 2.95. The molecule has 0 aliphatic carbocycles. The summed E-state index contributed by atoms with van der Waals surface area (Å²) in [4.78, 5) is 0. The van der Waals surface area contributed by atoms with Gasteiger partial charge < -0.3 is 5.32 Å². The lowest BCUT2D eigenvalue weighted by Gasteiger charge is -2.03. The minimum atomic E-state index is 0.799. The van der Waals surface area contributed by atoms with Crippen LogP contribution in [0.1, 0.15) is 11.1 Å². The quantitative estimate of drug-likeness (QED) is 0.763. The Kier molecular flexibility index (Phi) is 3.78. The Morgan fingerprint density at radius 1 is 0.850 bits per heavy atom. The molecule has 20 heavy (non-hydrogen) atoms. The highest BCUT2D eigenvalue weighted by Gasteiger charge is 1.99. The van der Waals surface area contributed by atoms with Gasteiger partial charge in [-0.1, -0.05) is 60.7 Å². The van der Waals surface area contributed by atoms with Crippen LogP contribution in [-0.2, 0) is 13.1 Å². The minimum absolute atomic E-state index is 0.799. The molecule has 2 aromatic carbocycles. The van der Waals surface area contributed by atoms with Gasteiger partial charge in [-0.05, 0) is 11.1 Å². The largest absolute Gasteiger partial charge is 0.378 e. The van der Waals surface area contributed by atoms with Crippen molar-refractivity contribution in [3.05, 3.63) is 84.2 Å². The number of nitrogens with zero attached hydrogens (tertiary/aromatic N) is 2. The second-order valence-electron chi connectivity index (χ2n) is 4.75. The molecule has 1 aromatic heterocycles. The van der Waals surface area contributed by atoms with Gasteiger partial charge in [-0.25, -0.2) is 0 Å². The molecule has 1 heterocycles. The summed E-state index contributed by atoms with van der Waals surface area (Å²) in [6.45, 7) is 1.62. The van der Waals surface area contributed by atoms with Crippen molar-refractivity contribution < 1.29 is 0 Å². The molecule has 3 rings (SSSR count). The van der Waals surface area contributed by atoms with Crippen molar-refractivity contribution in [2.75, 3.05) is 5.32 Å². The zero-order valence-electron chi connectivity index (χ0n) is 11.2. The third-order valence-electron chi connectivity index (χ3n) is 3.16. The van der Waals surface area contributed by atoms with E-state index in [1.807, 2.05) is 41.3 Å². The summed E-state index contributed by atoms with van der Waals surface area (Å²) in [7, 11) is 0. The van der Waals surface area contributed by atoms with E-state index in [0.29, 0.717) is 0 Å². The molecule has 3 heteroatoms. The van der Waals surface area contributed by atoms with E-state index >= 15 is 0 Å². The van der Waals surface area contributed by atoms with Gasteiger partial charge in [-0.3, -0.25) is 4.68 Å². The fourth-order valence-electron chi connectivity index (χ4n) is 2.11. The van der Waals surface area contributed by atoms with Gasteiger partial charge in [0, 0.05) is 12.7 Å². The molecule has 3 aromatic rings. The Morgan fingerprint density at radius 2 is 1.50 bits per heavy atom. The fourth-order valence-corrected chi connectivity index (χ4v) is 2.11. The molecule has 0 amide bonds. The summed E-state index contributed by atoms with van der Waals surface area (Å²) in [5.74, 6) is 0. The van der Waals surface area contributed by atoms with E-state index in [4.69, 9.17) is 0 Å². The predicted molar refractivity (Wildman–Crippen MR) is 81.5 cm³/mol. The monoisotopic (exact) mass is 263 g/mol. The molecule has 0 saturated heterocycles. The lowest BCUT2D eigenvalue weighted by molar-refractivity contribution is 0.687. The molecule has 0 bridgehead atoms. The maximum absolute atomic E-state index is 4.38. The van der Waals surface area contributed by atoms with Gasteiger partial charge in [0.15, 0.2) is 0 Å². The van der Waals surface area contributed by atoms with Crippen molar-refractivity contribution in [2.24, 2.45) is 0 Å². The fraction of sp³-hybridized carbons (Fsp3) is 0.118. The Labute approximate surface area is 118 Å². The van der Waals surface area contributed by atoms with Crippen LogP contribution >= 0.6 is 0 Å². The standard InChI is InChI=1S/C17H17N3/c1-3-7-15(8-4-1)11-18-17-12-19-20(14-17)13-16-9-5-2-6-10-16/h1-10,12,14,18H,11,13H2. The van der Waals surface area contributed by atoms with Crippen LogP contribution in [0.5, 0.6) is 0 Å². The van der Waals surface area contributed by atoms with Gasteiger partial charge in [0.1, 0.15) is 0 Å². The first-order chi connectivity index (χ1) is 9.90. The van der Waals surface area contributed by atoms with E-state index in [0.717, 1.165) is 18.8 Å². The molecular weight excluding hydrogens is 246 g/mol. The van der Waals surface area contributed by atoms with Crippen LogP contribution in [0, 0.1) is 0 Å². The molecule has 0 saturated carbocycles. The molecule has 0 atom stereocenters. The van der Waals surface area contributed by atoms with Crippen LogP contribution in [0.25, 0.3) is 0 Å². The molecular formula is C17H17N3. The van der Waals surface area contributed by atoms with Gasteiger partial charge in [0.05, 0.1) is 18.4 Å². The van der Waals surface area contributed by atoms with Gasteiger partial charge >= 0.3 is 0 Å². The number of rotatable bonds is 5. The first-order valence-electron chi connectivity index (χ1n) is 6.74. The molecule has 0 radical (unpaired) electrons. The Balaban J connectivity index is 1.60. The summed E-state index contributed by atoms with van der Waals surface area (Å²) in [6, 6.07) is 20.7. The van der Waals surface area contributed by atoms with E-state index < -0.39 is 0 Å². The molecule has 0 unspecified atom stereocenters. The number of hydrogen-bond acceptors (Lipinski definition) is 2. The van der Waals surface area contributed by atoms with Crippen molar-refractivity contribution in [2.45, 2.75) is 13.1 Å². The zero-order valence-corrected chi connectivity index (χ0v) is 11.2.